The lowest BCUT2D eigenvalue weighted by molar-refractivity contribution is -0.331. The van der Waals surface area contributed by atoms with Crippen molar-refractivity contribution < 1.29 is 63.3 Å². The first-order valence-electron chi connectivity index (χ1n) is 9.18. The van der Waals surface area contributed by atoms with E-state index in [4.69, 9.17) is 4.74 Å². The van der Waals surface area contributed by atoms with Gasteiger partial charge in [-0.2, -0.15) is 39.5 Å². The van der Waals surface area contributed by atoms with E-state index in [1.165, 1.54) is 18.2 Å². The summed E-state index contributed by atoms with van der Waals surface area (Å²) in [5.74, 6) is -10.5. The highest BCUT2D eigenvalue weighted by Gasteiger charge is 2.55. The molecule has 2 aromatic rings. The predicted octanol–water partition coefficient (Wildman–Crippen LogP) is 4.11. The normalized spacial score (nSPS) is 15.9. The number of fused-ring (bicyclic) bond motifs is 1. The van der Waals surface area contributed by atoms with Crippen LogP contribution in [0.3, 0.4) is 0 Å². The molecule has 0 saturated heterocycles. The third kappa shape index (κ3) is 6.12. The topological polar surface area (TPSA) is 86.8 Å². The highest BCUT2D eigenvalue weighted by Crippen LogP contribution is 2.35. The van der Waals surface area contributed by atoms with Crippen LogP contribution < -0.4 is 10.1 Å². The van der Waals surface area contributed by atoms with Crippen LogP contribution in [-0.4, -0.2) is 41.8 Å². The molecule has 1 aliphatic heterocycles. The lowest BCUT2D eigenvalue weighted by Gasteiger charge is -2.31. The molecule has 16 heteroatoms. The van der Waals surface area contributed by atoms with E-state index in [2.05, 4.69) is 19.8 Å². The van der Waals surface area contributed by atoms with Gasteiger partial charge in [-0.3, -0.25) is 0 Å². The second-order valence-electron chi connectivity index (χ2n) is 6.90. The van der Waals surface area contributed by atoms with Crippen LogP contribution in [0.2, 0.25) is 0 Å². The van der Waals surface area contributed by atoms with Gasteiger partial charge in [0.25, 0.3) is 0 Å². The number of aromatic nitrogens is 1. The van der Waals surface area contributed by atoms with Gasteiger partial charge < -0.3 is 19.5 Å². The number of benzene rings is 1. The Morgan fingerprint density at radius 2 is 1.51 bits per heavy atom. The van der Waals surface area contributed by atoms with E-state index in [9.17, 15) is 49.1 Å². The molecule has 0 atom stereocenters. The van der Waals surface area contributed by atoms with Crippen molar-refractivity contribution in [1.82, 2.24) is 10.3 Å². The van der Waals surface area contributed by atoms with Gasteiger partial charge in [0.15, 0.2) is 0 Å². The van der Waals surface area contributed by atoms with E-state index in [0.29, 0.717) is 6.07 Å². The van der Waals surface area contributed by atoms with Crippen molar-refractivity contribution in [2.24, 2.45) is 0 Å². The smallest absolute Gasteiger partial charge is 0.401 e. The molecule has 0 radical (unpaired) electrons. The molecule has 0 fully saturated rings. The molecule has 0 spiro atoms. The fourth-order valence-corrected chi connectivity index (χ4v) is 2.77. The van der Waals surface area contributed by atoms with Crippen LogP contribution in [0.4, 0.5) is 39.5 Å². The molecule has 3 rings (SSSR count). The van der Waals surface area contributed by atoms with Crippen molar-refractivity contribution >= 4 is 11.9 Å². The van der Waals surface area contributed by atoms with E-state index < -0.39 is 54.4 Å². The minimum atomic E-state index is -5.72. The van der Waals surface area contributed by atoms with Gasteiger partial charge in [-0.15, -0.1) is 0 Å². The van der Waals surface area contributed by atoms with E-state index in [1.54, 1.807) is 0 Å². The SMILES string of the molecule is O=C(OC1(OC(=O)C(F)(F)F)CNCc2ccc(-c3cccc(C(F)(F)F)c3)nc2O1)C(F)(F)F. The molecule has 7 nitrogen and oxygen atoms in total. The fraction of sp³-hybridized carbons (Fsp3) is 0.316. The van der Waals surface area contributed by atoms with Gasteiger partial charge in [0.1, 0.15) is 6.54 Å². The number of esters is 2. The average Bonchev–Trinajstić information content (AvgIpc) is 2.90. The van der Waals surface area contributed by atoms with Crippen LogP contribution in [0.1, 0.15) is 11.1 Å². The molecule has 2 heterocycles. The summed E-state index contributed by atoms with van der Waals surface area (Å²) in [6.07, 6.45) is -16.2. The lowest BCUT2D eigenvalue weighted by atomic mass is 10.1. The van der Waals surface area contributed by atoms with Crippen LogP contribution >= 0.6 is 0 Å². The van der Waals surface area contributed by atoms with Gasteiger partial charge in [0, 0.05) is 17.7 Å². The van der Waals surface area contributed by atoms with Gasteiger partial charge in [-0.1, -0.05) is 18.2 Å². The third-order valence-corrected chi connectivity index (χ3v) is 4.29. The summed E-state index contributed by atoms with van der Waals surface area (Å²) in [6.45, 7) is -1.52. The number of nitrogens with one attached hydrogen (secondary N) is 1. The number of hydrogen-bond acceptors (Lipinski definition) is 7. The number of alkyl halides is 9. The largest absolute Gasteiger partial charge is 0.491 e. The summed E-state index contributed by atoms with van der Waals surface area (Å²) in [6, 6.07) is 6.07. The van der Waals surface area contributed by atoms with E-state index in [1.807, 2.05) is 0 Å². The molecule has 0 bridgehead atoms. The summed E-state index contributed by atoms with van der Waals surface area (Å²) in [5, 5.41) is 2.29. The number of carbonyl (C=O) groups excluding carboxylic acids is 2. The first-order chi connectivity index (χ1) is 16.0. The maximum absolute atomic E-state index is 13.0. The van der Waals surface area contributed by atoms with Crippen molar-refractivity contribution in [3.63, 3.8) is 0 Å². The highest BCUT2D eigenvalue weighted by molar-refractivity contribution is 5.78. The average molecular weight is 518 g/mol. The molecule has 190 valence electrons. The van der Waals surface area contributed by atoms with E-state index >= 15 is 0 Å². The van der Waals surface area contributed by atoms with Gasteiger partial charge in [-0.05, 0) is 18.2 Å². The molecular weight excluding hydrogens is 507 g/mol. The second-order valence-corrected chi connectivity index (χ2v) is 6.90. The zero-order valence-electron chi connectivity index (χ0n) is 16.8. The van der Waals surface area contributed by atoms with E-state index in [-0.39, 0.29) is 23.4 Å². The molecule has 0 aliphatic carbocycles. The number of pyridine rings is 1. The molecule has 1 aromatic carbocycles. The van der Waals surface area contributed by atoms with Crippen LogP contribution in [0.5, 0.6) is 5.88 Å². The quantitative estimate of drug-likeness (QED) is 0.372. The van der Waals surface area contributed by atoms with Crippen LogP contribution in [0.15, 0.2) is 36.4 Å². The minimum absolute atomic E-state index is 0.0197. The van der Waals surface area contributed by atoms with Crippen molar-refractivity contribution in [1.29, 1.82) is 0 Å². The Kier molecular flexibility index (Phi) is 6.63. The molecule has 0 amide bonds. The Morgan fingerprint density at radius 1 is 0.914 bits per heavy atom. The molecule has 35 heavy (non-hydrogen) atoms. The molecule has 1 N–H and O–H groups in total. The zero-order chi connectivity index (χ0) is 26.2. The standard InChI is InChI=1S/C19H11F9N2O5/c20-17(21,22)11-3-1-2-9(6-11)12-5-4-10-7-29-8-16(33-13(10)30-12,34-14(31)18(23,24)25)35-15(32)19(26,27)28/h1-6,29H,7-8H2. The first-order valence-corrected chi connectivity index (χ1v) is 9.18. The van der Waals surface area contributed by atoms with Gasteiger partial charge in [0.2, 0.25) is 5.88 Å². The summed E-state index contributed by atoms with van der Waals surface area (Å²) >= 11 is 0. The van der Waals surface area contributed by atoms with E-state index in [0.717, 1.165) is 12.1 Å². The van der Waals surface area contributed by atoms with Crippen molar-refractivity contribution in [2.75, 3.05) is 6.54 Å². The maximum Gasteiger partial charge on any atom is 0.491 e. The Hall–Kier alpha value is -3.56. The van der Waals surface area contributed by atoms with Crippen LogP contribution in [-0.2, 0) is 31.8 Å². The number of ether oxygens (including phenoxy) is 3. The number of halogens is 9. The predicted molar refractivity (Wildman–Crippen MR) is 94.0 cm³/mol. The molecule has 0 unspecified atom stereocenters. The summed E-state index contributed by atoms with van der Waals surface area (Å²) in [5.41, 5.74) is -1.47. The highest BCUT2D eigenvalue weighted by atomic mass is 19.4. The Balaban J connectivity index is 2.04. The number of nitrogens with zero attached hydrogens (tertiary/aromatic N) is 1. The van der Waals surface area contributed by atoms with Crippen molar-refractivity contribution in [2.45, 2.75) is 31.0 Å². The zero-order valence-corrected chi connectivity index (χ0v) is 16.8. The Morgan fingerprint density at radius 3 is 2.06 bits per heavy atom. The van der Waals surface area contributed by atoms with Gasteiger partial charge in [0.05, 0.1) is 11.3 Å². The number of carbonyl (C=O) groups is 2. The lowest BCUT2D eigenvalue weighted by Crippen LogP contribution is -2.55. The van der Waals surface area contributed by atoms with Crippen LogP contribution in [0.25, 0.3) is 11.3 Å². The van der Waals surface area contributed by atoms with Crippen LogP contribution in [0, 0.1) is 0 Å². The maximum atomic E-state index is 13.0. The molecule has 1 aliphatic rings. The van der Waals surface area contributed by atoms with Crippen molar-refractivity contribution in [3.05, 3.63) is 47.5 Å². The molecule has 1 aromatic heterocycles. The summed E-state index contributed by atoms with van der Waals surface area (Å²) in [4.78, 5) is 26.5. The second kappa shape index (κ2) is 8.90. The molecule has 0 saturated carbocycles. The van der Waals surface area contributed by atoms with Gasteiger partial charge in [-0.25, -0.2) is 14.6 Å². The minimum Gasteiger partial charge on any atom is -0.401 e. The summed E-state index contributed by atoms with van der Waals surface area (Å²) in [7, 11) is 0. The first kappa shape index (κ1) is 26.1. The molecular formula is C19H11F9N2O5. The Labute approximate surface area is 188 Å². The number of hydrogen-bond donors (Lipinski definition) is 1. The monoisotopic (exact) mass is 518 g/mol. The fourth-order valence-electron chi connectivity index (χ4n) is 2.77. The third-order valence-electron chi connectivity index (χ3n) is 4.29. The van der Waals surface area contributed by atoms with Gasteiger partial charge >= 0.3 is 36.4 Å². The Bertz CT molecular complexity index is 1100. The number of rotatable bonds is 3. The van der Waals surface area contributed by atoms with Crippen molar-refractivity contribution in [3.8, 4) is 17.1 Å². The summed E-state index contributed by atoms with van der Waals surface area (Å²) < 4.78 is 128.